The van der Waals surface area contributed by atoms with Gasteiger partial charge in [-0.2, -0.15) is 0 Å². The third-order valence-corrected chi connectivity index (χ3v) is 4.62. The zero-order valence-electron chi connectivity index (χ0n) is 16.0. The molecular formula is C19H30ClN3O3. The zero-order chi connectivity index (χ0) is 18.4. The molecule has 26 heavy (non-hydrogen) atoms. The monoisotopic (exact) mass is 383 g/mol. The average Bonchev–Trinajstić information content (AvgIpc) is 2.61. The number of piperidine rings is 1. The molecule has 1 fully saturated rings. The minimum absolute atomic E-state index is 0. The predicted molar refractivity (Wildman–Crippen MR) is 106 cm³/mol. The van der Waals surface area contributed by atoms with Gasteiger partial charge in [-0.25, -0.2) is 0 Å². The van der Waals surface area contributed by atoms with Crippen LogP contribution in [0.15, 0.2) is 18.2 Å². The van der Waals surface area contributed by atoms with Crippen molar-refractivity contribution >= 4 is 29.9 Å². The molecule has 0 radical (unpaired) electrons. The largest absolute Gasteiger partial charge is 0.368 e. The first kappa shape index (κ1) is 22.4. The lowest BCUT2D eigenvalue weighted by atomic mass is 9.91. The van der Waals surface area contributed by atoms with Gasteiger partial charge in [-0.1, -0.05) is 13.8 Å². The summed E-state index contributed by atoms with van der Waals surface area (Å²) in [5, 5.41) is 9.10. The van der Waals surface area contributed by atoms with Gasteiger partial charge in [0.05, 0.1) is 0 Å². The maximum absolute atomic E-state index is 12.7. The summed E-state index contributed by atoms with van der Waals surface area (Å²) >= 11 is 0. The highest BCUT2D eigenvalue weighted by molar-refractivity contribution is 5.99. The summed E-state index contributed by atoms with van der Waals surface area (Å²) in [6, 6.07) is 5.31. The Kier molecular flexibility index (Phi) is 8.53. The number of anilines is 1. The van der Waals surface area contributed by atoms with Gasteiger partial charge in [-0.3, -0.25) is 9.59 Å². The number of methoxy groups -OCH3 is 1. The summed E-state index contributed by atoms with van der Waals surface area (Å²) in [5.74, 6) is 0.178. The zero-order valence-corrected chi connectivity index (χ0v) is 16.8. The minimum Gasteiger partial charge on any atom is -0.368 e. The molecule has 0 saturated carbocycles. The van der Waals surface area contributed by atoms with Gasteiger partial charge in [0.1, 0.15) is 5.60 Å². The number of amides is 2. The van der Waals surface area contributed by atoms with E-state index < -0.39 is 5.60 Å². The SMILES string of the molecule is COC1(C(=O)Nc2ccc(C(=O)NCC(C)C)cc2C)CCNCC1.Cl. The fraction of sp³-hybridized carbons (Fsp3) is 0.579. The van der Waals surface area contributed by atoms with E-state index in [0.29, 0.717) is 36.6 Å². The van der Waals surface area contributed by atoms with Crippen LogP contribution in [0.2, 0.25) is 0 Å². The second-order valence-electron chi connectivity index (χ2n) is 7.04. The maximum atomic E-state index is 12.7. The van der Waals surface area contributed by atoms with E-state index in [0.717, 1.165) is 18.7 Å². The van der Waals surface area contributed by atoms with Gasteiger partial charge < -0.3 is 20.7 Å². The van der Waals surface area contributed by atoms with Gasteiger partial charge in [0.2, 0.25) is 0 Å². The molecule has 2 amide bonds. The standard InChI is InChI=1S/C19H29N3O3.ClH/c1-13(2)12-21-17(23)15-5-6-16(14(3)11-15)22-18(24)19(25-4)7-9-20-10-8-19;/h5-6,11,13,20H,7-10,12H2,1-4H3,(H,21,23)(H,22,24);1H. The number of hydrogen-bond donors (Lipinski definition) is 3. The van der Waals surface area contributed by atoms with E-state index in [9.17, 15) is 9.59 Å². The molecule has 3 N–H and O–H groups in total. The van der Waals surface area contributed by atoms with E-state index in [2.05, 4.69) is 29.8 Å². The van der Waals surface area contributed by atoms with Crippen LogP contribution in [0.1, 0.15) is 42.6 Å². The fourth-order valence-corrected chi connectivity index (χ4v) is 2.93. The Hall–Kier alpha value is -1.63. The molecule has 1 aromatic rings. The molecule has 0 atom stereocenters. The Morgan fingerprint density at radius 1 is 1.27 bits per heavy atom. The number of hydrogen-bond acceptors (Lipinski definition) is 4. The molecule has 1 saturated heterocycles. The Balaban J connectivity index is 0.00000338. The van der Waals surface area contributed by atoms with Crippen LogP contribution >= 0.6 is 12.4 Å². The van der Waals surface area contributed by atoms with Crippen molar-refractivity contribution < 1.29 is 14.3 Å². The summed E-state index contributed by atoms with van der Waals surface area (Å²) in [5.41, 5.74) is 1.37. The molecule has 2 rings (SSSR count). The maximum Gasteiger partial charge on any atom is 0.256 e. The fourth-order valence-electron chi connectivity index (χ4n) is 2.93. The lowest BCUT2D eigenvalue weighted by molar-refractivity contribution is -0.140. The first-order valence-corrected chi connectivity index (χ1v) is 8.84. The number of rotatable bonds is 6. The van der Waals surface area contributed by atoms with Crippen LogP contribution < -0.4 is 16.0 Å². The number of nitrogens with one attached hydrogen (secondary N) is 3. The molecule has 1 heterocycles. The molecule has 6 nitrogen and oxygen atoms in total. The van der Waals surface area contributed by atoms with Crippen LogP contribution in [0.4, 0.5) is 5.69 Å². The van der Waals surface area contributed by atoms with E-state index in [1.807, 2.05) is 6.92 Å². The van der Waals surface area contributed by atoms with Crippen molar-refractivity contribution in [3.8, 4) is 0 Å². The summed E-state index contributed by atoms with van der Waals surface area (Å²) in [6.45, 7) is 8.15. The highest BCUT2D eigenvalue weighted by Gasteiger charge is 2.39. The second kappa shape index (κ2) is 9.90. The number of ether oxygens (including phenoxy) is 1. The molecule has 1 aliphatic rings. The topological polar surface area (TPSA) is 79.5 Å². The van der Waals surface area contributed by atoms with Crippen molar-refractivity contribution in [3.63, 3.8) is 0 Å². The molecule has 0 aliphatic carbocycles. The normalized spacial score (nSPS) is 15.9. The molecule has 0 unspecified atom stereocenters. The lowest BCUT2D eigenvalue weighted by Crippen LogP contribution is -2.51. The number of benzene rings is 1. The van der Waals surface area contributed by atoms with E-state index in [4.69, 9.17) is 4.74 Å². The van der Waals surface area contributed by atoms with E-state index in [1.54, 1.807) is 25.3 Å². The predicted octanol–water partition coefficient (Wildman–Crippen LogP) is 2.51. The van der Waals surface area contributed by atoms with Crippen molar-refractivity contribution in [2.24, 2.45) is 5.92 Å². The number of carbonyl (C=O) groups is 2. The molecule has 0 spiro atoms. The molecule has 7 heteroatoms. The van der Waals surface area contributed by atoms with Crippen LogP contribution in [0.25, 0.3) is 0 Å². The second-order valence-corrected chi connectivity index (χ2v) is 7.04. The Labute approximate surface area is 161 Å². The molecule has 0 bridgehead atoms. The highest BCUT2D eigenvalue weighted by Crippen LogP contribution is 2.26. The molecular weight excluding hydrogens is 354 g/mol. The van der Waals surface area contributed by atoms with Gasteiger partial charge in [-0.05, 0) is 62.5 Å². The van der Waals surface area contributed by atoms with Crippen LogP contribution in [0.3, 0.4) is 0 Å². The smallest absolute Gasteiger partial charge is 0.256 e. The summed E-state index contributed by atoms with van der Waals surface area (Å²) in [7, 11) is 1.58. The van der Waals surface area contributed by atoms with Crippen LogP contribution in [0, 0.1) is 12.8 Å². The number of carbonyl (C=O) groups excluding carboxylic acids is 2. The summed E-state index contributed by atoms with van der Waals surface area (Å²) in [4.78, 5) is 24.9. The number of halogens is 1. The molecule has 1 aliphatic heterocycles. The van der Waals surface area contributed by atoms with Crippen LogP contribution in [-0.4, -0.2) is 44.2 Å². The quantitative estimate of drug-likeness (QED) is 0.705. The molecule has 0 aromatic heterocycles. The molecule has 146 valence electrons. The summed E-state index contributed by atoms with van der Waals surface area (Å²) < 4.78 is 5.55. The van der Waals surface area contributed by atoms with Crippen molar-refractivity contribution in [2.45, 2.75) is 39.2 Å². The van der Waals surface area contributed by atoms with Crippen molar-refractivity contribution in [2.75, 3.05) is 32.1 Å². The third kappa shape index (κ3) is 5.43. The van der Waals surface area contributed by atoms with Gasteiger partial charge >= 0.3 is 0 Å². The van der Waals surface area contributed by atoms with Crippen molar-refractivity contribution in [1.29, 1.82) is 0 Å². The minimum atomic E-state index is -0.787. The Morgan fingerprint density at radius 2 is 1.92 bits per heavy atom. The van der Waals surface area contributed by atoms with E-state index in [1.165, 1.54) is 0 Å². The average molecular weight is 384 g/mol. The first-order chi connectivity index (χ1) is 11.9. The van der Waals surface area contributed by atoms with Crippen LogP contribution in [-0.2, 0) is 9.53 Å². The Morgan fingerprint density at radius 3 is 2.46 bits per heavy atom. The van der Waals surface area contributed by atoms with Gasteiger partial charge in [0.25, 0.3) is 11.8 Å². The first-order valence-electron chi connectivity index (χ1n) is 8.84. The van der Waals surface area contributed by atoms with Gasteiger partial charge in [0, 0.05) is 24.9 Å². The molecule has 1 aromatic carbocycles. The Bertz CT molecular complexity index is 628. The van der Waals surface area contributed by atoms with Crippen molar-refractivity contribution in [3.05, 3.63) is 29.3 Å². The van der Waals surface area contributed by atoms with E-state index in [-0.39, 0.29) is 24.2 Å². The number of aryl methyl sites for hydroxylation is 1. The van der Waals surface area contributed by atoms with Gasteiger partial charge in [-0.15, -0.1) is 12.4 Å². The third-order valence-electron chi connectivity index (χ3n) is 4.62. The summed E-state index contributed by atoms with van der Waals surface area (Å²) in [6.07, 6.45) is 1.29. The lowest BCUT2D eigenvalue weighted by Gasteiger charge is -2.34. The van der Waals surface area contributed by atoms with E-state index >= 15 is 0 Å². The van der Waals surface area contributed by atoms with Crippen molar-refractivity contribution in [1.82, 2.24) is 10.6 Å². The highest BCUT2D eigenvalue weighted by atomic mass is 35.5. The van der Waals surface area contributed by atoms with Gasteiger partial charge in [0.15, 0.2) is 0 Å². The van der Waals surface area contributed by atoms with Crippen LogP contribution in [0.5, 0.6) is 0 Å².